The van der Waals surface area contributed by atoms with E-state index in [1.54, 1.807) is 0 Å². The number of carbonyl (C=O) groups excluding carboxylic acids is 1. The fraction of sp³-hybridized carbons (Fsp3) is 0.909. The Balaban J connectivity index is 1.85. The molecule has 0 spiro atoms. The van der Waals surface area contributed by atoms with Gasteiger partial charge in [-0.2, -0.15) is 0 Å². The predicted molar refractivity (Wildman–Crippen MR) is 62.1 cm³/mol. The highest BCUT2D eigenvalue weighted by Gasteiger charge is 2.38. The Hall–Kier alpha value is -0.0900. The quantitative estimate of drug-likeness (QED) is 0.799. The second-order valence-electron chi connectivity index (χ2n) is 4.64. The lowest BCUT2D eigenvalue weighted by Crippen LogP contribution is -2.56. The highest BCUT2D eigenvalue weighted by molar-refractivity contribution is 9.09. The van der Waals surface area contributed by atoms with Gasteiger partial charge in [-0.15, -0.1) is 0 Å². The first-order valence-electron chi connectivity index (χ1n) is 5.71. The molecule has 15 heavy (non-hydrogen) atoms. The van der Waals surface area contributed by atoms with Gasteiger partial charge in [0.2, 0.25) is 5.91 Å². The van der Waals surface area contributed by atoms with Crippen LogP contribution >= 0.6 is 15.9 Å². The van der Waals surface area contributed by atoms with E-state index in [1.165, 1.54) is 6.42 Å². The van der Waals surface area contributed by atoms with Crippen molar-refractivity contribution < 1.29 is 9.53 Å². The Morgan fingerprint density at radius 1 is 1.40 bits per heavy atom. The van der Waals surface area contributed by atoms with Crippen molar-refractivity contribution in [1.29, 1.82) is 0 Å². The lowest BCUT2D eigenvalue weighted by molar-refractivity contribution is -0.130. The number of ether oxygens (including phenoxy) is 1. The number of rotatable bonds is 3. The zero-order valence-electron chi connectivity index (χ0n) is 8.93. The van der Waals surface area contributed by atoms with Crippen molar-refractivity contribution in [1.82, 2.24) is 5.32 Å². The standard InChI is InChI=1S/C11H18BrNO2/c12-8-11(4-1-5-11)13-10(14)9-2-6-15-7-3-9/h9H,1-8H2,(H,13,14). The third-order valence-electron chi connectivity index (χ3n) is 3.55. The molecule has 1 amide bonds. The first-order chi connectivity index (χ1) is 7.26. The summed E-state index contributed by atoms with van der Waals surface area (Å²) in [7, 11) is 0. The number of nitrogens with one attached hydrogen (secondary N) is 1. The van der Waals surface area contributed by atoms with E-state index in [-0.39, 0.29) is 17.4 Å². The molecule has 2 aliphatic rings. The van der Waals surface area contributed by atoms with Crippen LogP contribution in [0.5, 0.6) is 0 Å². The zero-order valence-corrected chi connectivity index (χ0v) is 10.5. The number of amides is 1. The summed E-state index contributed by atoms with van der Waals surface area (Å²) in [4.78, 5) is 12.0. The van der Waals surface area contributed by atoms with Crippen molar-refractivity contribution in [3.63, 3.8) is 0 Å². The first kappa shape index (κ1) is 11.4. The molecule has 1 aliphatic carbocycles. The summed E-state index contributed by atoms with van der Waals surface area (Å²) in [5.74, 6) is 0.410. The highest BCUT2D eigenvalue weighted by Crippen LogP contribution is 2.34. The van der Waals surface area contributed by atoms with Gasteiger partial charge in [0.25, 0.3) is 0 Å². The van der Waals surface area contributed by atoms with Gasteiger partial charge in [0.1, 0.15) is 0 Å². The third kappa shape index (κ3) is 2.53. The molecule has 0 bridgehead atoms. The Morgan fingerprint density at radius 2 is 2.07 bits per heavy atom. The van der Waals surface area contributed by atoms with E-state index in [4.69, 9.17) is 4.74 Å². The van der Waals surface area contributed by atoms with Crippen molar-refractivity contribution in [2.45, 2.75) is 37.6 Å². The van der Waals surface area contributed by atoms with Crippen molar-refractivity contribution in [3.05, 3.63) is 0 Å². The van der Waals surface area contributed by atoms with Gasteiger partial charge >= 0.3 is 0 Å². The lowest BCUT2D eigenvalue weighted by Gasteiger charge is -2.42. The normalized spacial score (nSPS) is 25.7. The Labute approximate surface area is 99.1 Å². The van der Waals surface area contributed by atoms with Gasteiger partial charge in [-0.3, -0.25) is 4.79 Å². The SMILES string of the molecule is O=C(NC1(CBr)CCC1)C1CCOCC1. The van der Waals surface area contributed by atoms with E-state index < -0.39 is 0 Å². The molecule has 2 rings (SSSR count). The van der Waals surface area contributed by atoms with E-state index in [9.17, 15) is 4.79 Å². The molecule has 2 fully saturated rings. The van der Waals surface area contributed by atoms with Crippen LogP contribution in [0, 0.1) is 5.92 Å². The van der Waals surface area contributed by atoms with Gasteiger partial charge in [0, 0.05) is 30.0 Å². The maximum atomic E-state index is 12.0. The van der Waals surface area contributed by atoms with Gasteiger partial charge in [0.05, 0.1) is 0 Å². The molecular weight excluding hydrogens is 258 g/mol. The summed E-state index contributed by atoms with van der Waals surface area (Å²) in [5.41, 5.74) is 0.0649. The van der Waals surface area contributed by atoms with Crippen LogP contribution in [0.4, 0.5) is 0 Å². The maximum Gasteiger partial charge on any atom is 0.223 e. The van der Waals surface area contributed by atoms with Crippen LogP contribution in [-0.2, 0) is 9.53 Å². The summed E-state index contributed by atoms with van der Waals surface area (Å²) in [5, 5.41) is 4.09. The minimum Gasteiger partial charge on any atom is -0.381 e. The molecule has 0 unspecified atom stereocenters. The van der Waals surface area contributed by atoms with Gasteiger partial charge in [-0.25, -0.2) is 0 Å². The third-order valence-corrected chi connectivity index (χ3v) is 4.62. The fourth-order valence-corrected chi connectivity index (χ4v) is 2.92. The molecule has 0 atom stereocenters. The number of carbonyl (C=O) groups is 1. The molecule has 1 N–H and O–H groups in total. The summed E-state index contributed by atoms with van der Waals surface area (Å²) in [6.45, 7) is 1.47. The average molecular weight is 276 g/mol. The summed E-state index contributed by atoms with van der Waals surface area (Å²) in [6.07, 6.45) is 5.23. The van der Waals surface area contributed by atoms with Crippen LogP contribution in [0.3, 0.4) is 0 Å². The molecule has 0 radical (unpaired) electrons. The second kappa shape index (κ2) is 4.83. The molecule has 1 aliphatic heterocycles. The van der Waals surface area contributed by atoms with Gasteiger partial charge in [-0.05, 0) is 32.1 Å². The number of hydrogen-bond donors (Lipinski definition) is 1. The summed E-state index contributed by atoms with van der Waals surface area (Å²) >= 11 is 3.50. The van der Waals surface area contributed by atoms with Crippen molar-refractivity contribution in [2.75, 3.05) is 18.5 Å². The van der Waals surface area contributed by atoms with E-state index in [2.05, 4.69) is 21.2 Å². The van der Waals surface area contributed by atoms with Crippen molar-refractivity contribution in [3.8, 4) is 0 Å². The topological polar surface area (TPSA) is 38.3 Å². The minimum atomic E-state index is 0.0649. The molecule has 0 aromatic rings. The predicted octanol–water partition coefficient (Wildman–Crippen LogP) is 1.85. The van der Waals surface area contributed by atoms with Gasteiger partial charge in [-0.1, -0.05) is 15.9 Å². The van der Waals surface area contributed by atoms with E-state index in [0.717, 1.165) is 44.2 Å². The zero-order chi connectivity index (χ0) is 10.7. The first-order valence-corrected chi connectivity index (χ1v) is 6.84. The lowest BCUT2D eigenvalue weighted by atomic mass is 9.78. The molecule has 3 nitrogen and oxygen atoms in total. The van der Waals surface area contributed by atoms with Crippen LogP contribution < -0.4 is 5.32 Å². The van der Waals surface area contributed by atoms with Crippen LogP contribution in [-0.4, -0.2) is 30.0 Å². The number of hydrogen-bond acceptors (Lipinski definition) is 2. The Morgan fingerprint density at radius 3 is 2.53 bits per heavy atom. The van der Waals surface area contributed by atoms with Crippen LogP contribution in [0.15, 0.2) is 0 Å². The van der Waals surface area contributed by atoms with Crippen molar-refractivity contribution in [2.24, 2.45) is 5.92 Å². The van der Waals surface area contributed by atoms with Crippen LogP contribution in [0.2, 0.25) is 0 Å². The minimum absolute atomic E-state index is 0.0649. The molecule has 0 aromatic carbocycles. The summed E-state index contributed by atoms with van der Waals surface area (Å²) in [6, 6.07) is 0. The highest BCUT2D eigenvalue weighted by atomic mass is 79.9. The molecule has 4 heteroatoms. The molecule has 0 aromatic heterocycles. The van der Waals surface area contributed by atoms with E-state index in [1.807, 2.05) is 0 Å². The van der Waals surface area contributed by atoms with Gasteiger partial charge < -0.3 is 10.1 Å². The molecule has 1 heterocycles. The molecule has 1 saturated carbocycles. The smallest absolute Gasteiger partial charge is 0.223 e. The molecular formula is C11H18BrNO2. The van der Waals surface area contributed by atoms with Crippen molar-refractivity contribution >= 4 is 21.8 Å². The number of halogens is 1. The van der Waals surface area contributed by atoms with E-state index in [0.29, 0.717) is 0 Å². The van der Waals surface area contributed by atoms with Crippen LogP contribution in [0.1, 0.15) is 32.1 Å². The number of alkyl halides is 1. The van der Waals surface area contributed by atoms with E-state index >= 15 is 0 Å². The molecule has 1 saturated heterocycles. The van der Waals surface area contributed by atoms with Crippen LogP contribution in [0.25, 0.3) is 0 Å². The largest absolute Gasteiger partial charge is 0.381 e. The fourth-order valence-electron chi connectivity index (χ4n) is 2.22. The Bertz CT molecular complexity index is 229. The van der Waals surface area contributed by atoms with Gasteiger partial charge in [0.15, 0.2) is 0 Å². The monoisotopic (exact) mass is 275 g/mol. The second-order valence-corrected chi connectivity index (χ2v) is 5.20. The summed E-state index contributed by atoms with van der Waals surface area (Å²) < 4.78 is 5.26. The Kier molecular flexibility index (Phi) is 3.67. The molecule has 86 valence electrons. The average Bonchev–Trinajstić information content (AvgIpc) is 2.24. The maximum absolute atomic E-state index is 12.0.